The highest BCUT2D eigenvalue weighted by Crippen LogP contribution is 2.62. The Balaban J connectivity index is 1.85. The molecule has 0 bridgehead atoms. The van der Waals surface area contributed by atoms with Crippen LogP contribution in [0.25, 0.3) is 0 Å². The molecule has 0 aromatic rings. The average molecular weight is 108 g/mol. The summed E-state index contributed by atoms with van der Waals surface area (Å²) in [6.45, 7) is 0. The Hall–Kier alpha value is 0. The van der Waals surface area contributed by atoms with Crippen LogP contribution in [0.1, 0.15) is 25.7 Å². The van der Waals surface area contributed by atoms with Gasteiger partial charge in [0.2, 0.25) is 0 Å². The third kappa shape index (κ3) is 0.375. The summed E-state index contributed by atoms with van der Waals surface area (Å²) in [5, 5.41) is 0. The van der Waals surface area contributed by atoms with E-state index in [2.05, 4.69) is 0 Å². The molecule has 0 unspecified atom stereocenters. The SMILES string of the molecule is C1[C@H]2C[C@H]2C[C@@H]2C[C@H]12. The van der Waals surface area contributed by atoms with Crippen LogP contribution in [0.2, 0.25) is 0 Å². The van der Waals surface area contributed by atoms with E-state index >= 15 is 0 Å². The van der Waals surface area contributed by atoms with E-state index < -0.39 is 0 Å². The predicted octanol–water partition coefficient (Wildman–Crippen LogP) is 2.05. The van der Waals surface area contributed by atoms with Crippen LogP contribution in [-0.4, -0.2) is 0 Å². The first-order valence-corrected chi connectivity index (χ1v) is 3.93. The first-order chi connectivity index (χ1) is 3.93. The van der Waals surface area contributed by atoms with Crippen molar-refractivity contribution in [2.45, 2.75) is 25.7 Å². The molecule has 3 aliphatic rings. The summed E-state index contributed by atoms with van der Waals surface area (Å²) in [5.41, 5.74) is 0. The van der Waals surface area contributed by atoms with Crippen molar-refractivity contribution in [2.75, 3.05) is 0 Å². The Labute approximate surface area is 50.3 Å². The van der Waals surface area contributed by atoms with Crippen molar-refractivity contribution in [1.82, 2.24) is 0 Å². The lowest BCUT2D eigenvalue weighted by Crippen LogP contribution is -1.95. The van der Waals surface area contributed by atoms with E-state index in [0.29, 0.717) is 0 Å². The summed E-state index contributed by atoms with van der Waals surface area (Å²) in [7, 11) is 0. The maximum absolute atomic E-state index is 1.62. The first-order valence-electron chi connectivity index (χ1n) is 3.93. The second-order valence-corrected chi connectivity index (χ2v) is 3.98. The summed E-state index contributed by atoms with van der Waals surface area (Å²) in [6, 6.07) is 0. The molecule has 0 heterocycles. The second kappa shape index (κ2) is 0.984. The lowest BCUT2D eigenvalue weighted by molar-refractivity contribution is 0.457. The number of hydrogen-bond donors (Lipinski definition) is 0. The van der Waals surface area contributed by atoms with Gasteiger partial charge >= 0.3 is 0 Å². The van der Waals surface area contributed by atoms with Crippen molar-refractivity contribution in [3.05, 3.63) is 0 Å². The summed E-state index contributed by atoms with van der Waals surface area (Å²) < 4.78 is 0. The Morgan fingerprint density at radius 2 is 0.750 bits per heavy atom. The molecule has 0 aromatic carbocycles. The maximum Gasteiger partial charge on any atom is -0.0380 e. The molecule has 0 heteroatoms. The lowest BCUT2D eigenvalue weighted by Gasteiger charge is -2.04. The van der Waals surface area contributed by atoms with E-state index in [9.17, 15) is 0 Å². The molecule has 44 valence electrons. The topological polar surface area (TPSA) is 0 Å². The molecular weight excluding hydrogens is 96.1 g/mol. The highest BCUT2D eigenvalue weighted by molar-refractivity contribution is 5.03. The zero-order chi connectivity index (χ0) is 5.14. The van der Waals surface area contributed by atoms with E-state index in [0.717, 1.165) is 0 Å². The second-order valence-electron chi connectivity index (χ2n) is 3.98. The molecule has 0 atom stereocenters. The quantitative estimate of drug-likeness (QED) is 0.445. The molecule has 3 rings (SSSR count). The molecule has 3 fully saturated rings. The van der Waals surface area contributed by atoms with Crippen LogP contribution in [0.5, 0.6) is 0 Å². The van der Waals surface area contributed by atoms with E-state index in [4.69, 9.17) is 0 Å². The fraction of sp³-hybridized carbons (Fsp3) is 1.00. The van der Waals surface area contributed by atoms with Crippen molar-refractivity contribution >= 4 is 0 Å². The molecular formula is C8H12. The van der Waals surface area contributed by atoms with Crippen molar-refractivity contribution < 1.29 is 0 Å². The summed E-state index contributed by atoms with van der Waals surface area (Å²) >= 11 is 0. The highest BCUT2D eigenvalue weighted by atomic mass is 14.6. The zero-order valence-corrected chi connectivity index (χ0v) is 5.14. The van der Waals surface area contributed by atoms with Crippen molar-refractivity contribution in [3.8, 4) is 0 Å². The fourth-order valence-corrected chi connectivity index (χ4v) is 2.55. The number of fused-ring (bicyclic) bond motifs is 2. The molecule has 0 nitrogen and oxygen atoms in total. The first kappa shape index (κ1) is 3.92. The van der Waals surface area contributed by atoms with Crippen LogP contribution >= 0.6 is 0 Å². The fourth-order valence-electron chi connectivity index (χ4n) is 2.55. The van der Waals surface area contributed by atoms with Gasteiger partial charge in [0.25, 0.3) is 0 Å². The smallest absolute Gasteiger partial charge is 0.0380 e. The number of rotatable bonds is 0. The van der Waals surface area contributed by atoms with Gasteiger partial charge in [-0.25, -0.2) is 0 Å². The van der Waals surface area contributed by atoms with Crippen molar-refractivity contribution in [2.24, 2.45) is 23.7 Å². The van der Waals surface area contributed by atoms with Gasteiger partial charge in [-0.05, 0) is 49.4 Å². The van der Waals surface area contributed by atoms with E-state index in [-0.39, 0.29) is 0 Å². The standard InChI is InChI=1S/C8H12/c1-5-3-7-2-8(7)4-6(1)5/h5-8H,1-4H2/t5-,6+,7-,8+. The van der Waals surface area contributed by atoms with Crippen LogP contribution in [0.3, 0.4) is 0 Å². The Kier molecular flexibility index (Phi) is 0.482. The minimum Gasteiger partial charge on any atom is -0.0470 e. The third-order valence-corrected chi connectivity index (χ3v) is 3.35. The molecule has 0 aromatic heterocycles. The van der Waals surface area contributed by atoms with Crippen molar-refractivity contribution in [1.29, 1.82) is 0 Å². The van der Waals surface area contributed by atoms with Gasteiger partial charge in [0.05, 0.1) is 0 Å². The van der Waals surface area contributed by atoms with Crippen LogP contribution < -0.4 is 0 Å². The van der Waals surface area contributed by atoms with E-state index in [1.165, 1.54) is 23.7 Å². The third-order valence-electron chi connectivity index (χ3n) is 3.35. The summed E-state index contributed by atoms with van der Waals surface area (Å²) in [5.74, 6) is 4.88. The van der Waals surface area contributed by atoms with Crippen LogP contribution in [0.4, 0.5) is 0 Å². The Morgan fingerprint density at radius 1 is 0.500 bits per heavy atom. The molecule has 3 saturated carbocycles. The molecule has 0 amide bonds. The van der Waals surface area contributed by atoms with E-state index in [1.807, 2.05) is 0 Å². The predicted molar refractivity (Wildman–Crippen MR) is 32.4 cm³/mol. The molecule has 8 heavy (non-hydrogen) atoms. The van der Waals surface area contributed by atoms with E-state index in [1.54, 1.807) is 25.7 Å². The van der Waals surface area contributed by atoms with Gasteiger partial charge in [0.15, 0.2) is 0 Å². The Bertz CT molecular complexity index is 100. The van der Waals surface area contributed by atoms with Crippen LogP contribution in [0, 0.1) is 23.7 Å². The van der Waals surface area contributed by atoms with Crippen molar-refractivity contribution in [3.63, 3.8) is 0 Å². The minimum absolute atomic E-state index is 1.22. The summed E-state index contributed by atoms with van der Waals surface area (Å²) in [6.07, 6.45) is 6.45. The highest BCUT2D eigenvalue weighted by Gasteiger charge is 2.52. The molecule has 0 spiro atoms. The minimum atomic E-state index is 1.22. The largest absolute Gasteiger partial charge is 0.0470 e. The normalized spacial score (nSPS) is 66.0. The van der Waals surface area contributed by atoms with Gasteiger partial charge < -0.3 is 0 Å². The molecule has 0 radical (unpaired) electrons. The van der Waals surface area contributed by atoms with Gasteiger partial charge in [-0.15, -0.1) is 0 Å². The summed E-state index contributed by atoms with van der Waals surface area (Å²) in [4.78, 5) is 0. The lowest BCUT2D eigenvalue weighted by atomic mass is 10.0. The monoisotopic (exact) mass is 108 g/mol. The Morgan fingerprint density at radius 3 is 1.00 bits per heavy atom. The van der Waals surface area contributed by atoms with Gasteiger partial charge in [-0.1, -0.05) is 0 Å². The zero-order valence-electron chi connectivity index (χ0n) is 5.14. The maximum atomic E-state index is 1.62. The molecule has 3 aliphatic carbocycles. The molecule has 0 N–H and O–H groups in total. The van der Waals surface area contributed by atoms with Gasteiger partial charge in [-0.2, -0.15) is 0 Å². The molecule has 0 aliphatic heterocycles. The van der Waals surface area contributed by atoms with Crippen LogP contribution in [-0.2, 0) is 0 Å². The molecule has 0 saturated heterocycles. The van der Waals surface area contributed by atoms with Crippen LogP contribution in [0.15, 0.2) is 0 Å². The number of hydrogen-bond acceptors (Lipinski definition) is 0. The van der Waals surface area contributed by atoms with Gasteiger partial charge in [0, 0.05) is 0 Å². The van der Waals surface area contributed by atoms with Gasteiger partial charge in [0.1, 0.15) is 0 Å². The average Bonchev–Trinajstić information content (AvgIpc) is 2.45. The van der Waals surface area contributed by atoms with Gasteiger partial charge in [-0.3, -0.25) is 0 Å².